The number of nitro groups is 1. The van der Waals surface area contributed by atoms with E-state index in [4.69, 9.17) is 9.47 Å². The third kappa shape index (κ3) is 5.88. The zero-order valence-corrected chi connectivity index (χ0v) is 23.7. The van der Waals surface area contributed by atoms with Crippen molar-refractivity contribution in [3.63, 3.8) is 0 Å². The smallest absolute Gasteiger partial charge is 0.293 e. The monoisotopic (exact) mass is 618 g/mol. The predicted molar refractivity (Wildman–Crippen MR) is 158 cm³/mol. The van der Waals surface area contributed by atoms with Crippen LogP contribution in [0.25, 0.3) is 16.8 Å². The van der Waals surface area contributed by atoms with E-state index in [0.29, 0.717) is 33.0 Å². The Morgan fingerprint density at radius 2 is 1.70 bits per heavy atom. The fourth-order valence-corrected chi connectivity index (χ4v) is 5.56. The van der Waals surface area contributed by atoms with Crippen LogP contribution in [0.3, 0.4) is 0 Å². The third-order valence-corrected chi connectivity index (χ3v) is 7.87. The number of hydrogen-bond donors (Lipinski definition) is 0. The second kappa shape index (κ2) is 11.9. The summed E-state index contributed by atoms with van der Waals surface area (Å²) < 4.78 is 12.4. The minimum Gasteiger partial charge on any atom is -0.490 e. The van der Waals surface area contributed by atoms with Gasteiger partial charge in [-0.3, -0.25) is 24.6 Å². The van der Waals surface area contributed by atoms with Crippen LogP contribution < -0.4 is 9.47 Å². The first-order valence-corrected chi connectivity index (χ1v) is 14.0. The van der Waals surface area contributed by atoms with Gasteiger partial charge in [0.25, 0.3) is 16.8 Å². The van der Waals surface area contributed by atoms with Crippen molar-refractivity contribution in [2.45, 2.75) is 20.1 Å². The van der Waals surface area contributed by atoms with Crippen LogP contribution in [0.2, 0.25) is 0 Å². The van der Waals surface area contributed by atoms with Crippen molar-refractivity contribution in [1.82, 2.24) is 4.90 Å². The van der Waals surface area contributed by atoms with Gasteiger partial charge < -0.3 is 9.47 Å². The van der Waals surface area contributed by atoms with Crippen molar-refractivity contribution in [3.8, 4) is 11.5 Å². The Hall–Kier alpha value is -4.15. The molecule has 0 aliphatic carbocycles. The van der Waals surface area contributed by atoms with Crippen molar-refractivity contribution in [3.05, 3.63) is 115 Å². The van der Waals surface area contributed by atoms with Gasteiger partial charge in [0.1, 0.15) is 6.61 Å². The predicted octanol–water partition coefficient (Wildman–Crippen LogP) is 7.72. The van der Waals surface area contributed by atoms with Gasteiger partial charge in [0, 0.05) is 16.6 Å². The van der Waals surface area contributed by atoms with Gasteiger partial charge in [0.05, 0.1) is 23.0 Å². The molecule has 0 radical (unpaired) electrons. The van der Waals surface area contributed by atoms with Crippen molar-refractivity contribution in [2.75, 3.05) is 6.61 Å². The molecule has 5 rings (SSSR count). The summed E-state index contributed by atoms with van der Waals surface area (Å²) in [5, 5.41) is 12.6. The van der Waals surface area contributed by atoms with Gasteiger partial charge in [-0.25, -0.2) is 0 Å². The van der Waals surface area contributed by atoms with Gasteiger partial charge in [0.2, 0.25) is 0 Å². The zero-order chi connectivity index (χ0) is 28.2. The summed E-state index contributed by atoms with van der Waals surface area (Å²) in [7, 11) is 0. The lowest BCUT2D eigenvalue weighted by atomic mass is 10.0. The molecule has 0 N–H and O–H groups in total. The number of non-ortho nitro benzene ring substituents is 1. The maximum atomic E-state index is 13.3. The lowest BCUT2D eigenvalue weighted by molar-refractivity contribution is -0.384. The quantitative estimate of drug-likeness (QED) is 0.107. The number of rotatable bonds is 9. The van der Waals surface area contributed by atoms with Gasteiger partial charge in [-0.15, -0.1) is 0 Å². The molecule has 1 aliphatic rings. The number of nitro benzene ring substituents is 1. The molecular weight excluding hydrogens is 596 g/mol. The summed E-state index contributed by atoms with van der Waals surface area (Å²) in [6.45, 7) is 2.60. The molecule has 2 amide bonds. The summed E-state index contributed by atoms with van der Waals surface area (Å²) in [5.41, 5.74) is 2.32. The van der Waals surface area contributed by atoms with E-state index in [9.17, 15) is 19.7 Å². The fraction of sp³-hybridized carbons (Fsp3) is 0.133. The van der Waals surface area contributed by atoms with Crippen LogP contribution in [-0.2, 0) is 17.9 Å². The largest absolute Gasteiger partial charge is 0.490 e. The summed E-state index contributed by atoms with van der Waals surface area (Å²) in [6.07, 6.45) is 1.67. The van der Waals surface area contributed by atoms with Crippen LogP contribution in [0.15, 0.2) is 88.2 Å². The Balaban J connectivity index is 1.36. The first kappa shape index (κ1) is 27.4. The highest BCUT2D eigenvalue weighted by atomic mass is 79.9. The van der Waals surface area contributed by atoms with E-state index in [-0.39, 0.29) is 30.0 Å². The van der Waals surface area contributed by atoms with Crippen molar-refractivity contribution < 1.29 is 24.0 Å². The van der Waals surface area contributed by atoms with Gasteiger partial charge in [-0.2, -0.15) is 0 Å². The van der Waals surface area contributed by atoms with Gasteiger partial charge >= 0.3 is 0 Å². The molecule has 40 heavy (non-hydrogen) atoms. The maximum absolute atomic E-state index is 13.3. The SMILES string of the molecule is CCOc1cc(/C=C2/SC(=O)N(Cc3cccc4ccccc34)C2=O)c(Br)cc1OCc1ccc([N+](=O)[O-])cc1. The topological polar surface area (TPSA) is 99.0 Å². The van der Waals surface area contributed by atoms with E-state index in [2.05, 4.69) is 15.9 Å². The molecule has 1 saturated heterocycles. The number of carbonyl (C=O) groups excluding carboxylic acids is 2. The molecule has 0 saturated carbocycles. The molecule has 0 aromatic heterocycles. The lowest BCUT2D eigenvalue weighted by Gasteiger charge is -2.15. The number of imide groups is 1. The van der Waals surface area contributed by atoms with Crippen LogP contribution >= 0.6 is 27.7 Å². The second-order valence-corrected chi connectivity index (χ2v) is 10.7. The second-order valence-electron chi connectivity index (χ2n) is 8.87. The molecule has 4 aromatic carbocycles. The molecule has 0 bridgehead atoms. The number of fused-ring (bicyclic) bond motifs is 1. The summed E-state index contributed by atoms with van der Waals surface area (Å²) in [4.78, 5) is 38.1. The van der Waals surface area contributed by atoms with Crippen LogP contribution in [0.1, 0.15) is 23.6 Å². The van der Waals surface area contributed by atoms with E-state index >= 15 is 0 Å². The Kier molecular flexibility index (Phi) is 8.18. The highest BCUT2D eigenvalue weighted by molar-refractivity contribution is 9.10. The molecule has 4 aromatic rings. The summed E-state index contributed by atoms with van der Waals surface area (Å²) in [5.74, 6) is 0.577. The number of benzene rings is 4. The Morgan fingerprint density at radius 3 is 2.45 bits per heavy atom. The van der Waals surface area contributed by atoms with Crippen molar-refractivity contribution >= 4 is 61.4 Å². The number of ether oxygens (including phenoxy) is 2. The Labute approximate surface area is 242 Å². The molecule has 1 fully saturated rings. The molecule has 0 spiro atoms. The summed E-state index contributed by atoms with van der Waals surface area (Å²) >= 11 is 4.45. The Morgan fingerprint density at radius 1 is 0.975 bits per heavy atom. The summed E-state index contributed by atoms with van der Waals surface area (Å²) in [6, 6.07) is 23.3. The normalized spacial score (nSPS) is 14.2. The molecule has 0 atom stereocenters. The molecule has 1 heterocycles. The fourth-order valence-electron chi connectivity index (χ4n) is 4.30. The molecule has 202 valence electrons. The van der Waals surface area contributed by atoms with Gasteiger partial charge in [-0.05, 0) is 76.5 Å². The molecule has 10 heteroatoms. The average molecular weight is 619 g/mol. The average Bonchev–Trinajstić information content (AvgIpc) is 3.21. The van der Waals surface area contributed by atoms with Gasteiger partial charge in [0.15, 0.2) is 11.5 Å². The molecule has 8 nitrogen and oxygen atoms in total. The number of hydrogen-bond acceptors (Lipinski definition) is 7. The number of thioether (sulfide) groups is 1. The van der Waals surface area contributed by atoms with E-state index in [1.165, 1.54) is 17.0 Å². The Bertz CT molecular complexity index is 1650. The van der Waals surface area contributed by atoms with E-state index < -0.39 is 4.92 Å². The molecular formula is C30H23BrN2O6S. The number of amides is 2. The van der Waals surface area contributed by atoms with Crippen LogP contribution in [0.4, 0.5) is 10.5 Å². The highest BCUT2D eigenvalue weighted by Crippen LogP contribution is 2.39. The minimum atomic E-state index is -0.452. The maximum Gasteiger partial charge on any atom is 0.293 e. The lowest BCUT2D eigenvalue weighted by Crippen LogP contribution is -2.27. The number of halogens is 1. The third-order valence-electron chi connectivity index (χ3n) is 6.27. The number of nitrogens with zero attached hydrogens (tertiary/aromatic N) is 2. The standard InChI is InChI=1S/C30H23BrN2O6S/c1-2-38-26-14-22(25(31)16-27(26)39-18-19-10-12-23(13-11-19)33(36)37)15-28-29(34)32(30(35)40-28)17-21-8-5-7-20-6-3-4-9-24(20)21/h3-16H,2,17-18H2,1H3/b28-15+. The number of carbonyl (C=O) groups is 2. The van der Waals surface area contributed by atoms with E-state index in [1.807, 2.05) is 49.4 Å². The van der Waals surface area contributed by atoms with Crippen LogP contribution in [0.5, 0.6) is 11.5 Å². The zero-order valence-electron chi connectivity index (χ0n) is 21.3. The molecule has 0 unspecified atom stereocenters. The van der Waals surface area contributed by atoms with E-state index in [0.717, 1.165) is 33.7 Å². The highest BCUT2D eigenvalue weighted by Gasteiger charge is 2.35. The molecule has 1 aliphatic heterocycles. The van der Waals surface area contributed by atoms with Crippen molar-refractivity contribution in [2.24, 2.45) is 0 Å². The van der Waals surface area contributed by atoms with Crippen molar-refractivity contribution in [1.29, 1.82) is 0 Å². The minimum absolute atomic E-state index is 0.00684. The van der Waals surface area contributed by atoms with Gasteiger partial charge in [-0.1, -0.05) is 58.4 Å². The van der Waals surface area contributed by atoms with Crippen LogP contribution in [0, 0.1) is 10.1 Å². The first-order chi connectivity index (χ1) is 19.3. The first-order valence-electron chi connectivity index (χ1n) is 12.4. The van der Waals surface area contributed by atoms with Crippen LogP contribution in [-0.4, -0.2) is 27.6 Å². The van der Waals surface area contributed by atoms with E-state index in [1.54, 1.807) is 30.3 Å².